The summed E-state index contributed by atoms with van der Waals surface area (Å²) < 4.78 is 1.32. The van der Waals surface area contributed by atoms with Gasteiger partial charge in [0.2, 0.25) is 0 Å². The largest absolute Gasteiger partial charge is 0.312 e. The zero-order chi connectivity index (χ0) is 11.7. The van der Waals surface area contributed by atoms with Crippen molar-refractivity contribution in [3.63, 3.8) is 0 Å². The Hall–Kier alpha value is -0.580. The van der Waals surface area contributed by atoms with Crippen LogP contribution in [-0.4, -0.2) is 29.1 Å². The molecule has 1 aromatic carbocycles. The van der Waals surface area contributed by atoms with E-state index in [1.807, 2.05) is 23.1 Å². The van der Waals surface area contributed by atoms with Gasteiger partial charge in [-0.15, -0.1) is 11.3 Å². The second kappa shape index (κ2) is 4.96. The number of fused-ring (bicyclic) bond motifs is 1. The van der Waals surface area contributed by atoms with Crippen molar-refractivity contribution in [2.45, 2.75) is 19.4 Å². The van der Waals surface area contributed by atoms with Crippen LogP contribution in [0.5, 0.6) is 0 Å². The molecule has 1 aliphatic rings. The standard InChI is InChI=1S/C13H16N2S2/c1-9-2-3-11-12(6-9)17-13(15-11)7-10-8-16-5-4-14-10/h2-3,6,10,14H,4-5,7-8H2,1H3. The molecule has 0 saturated carbocycles. The van der Waals surface area contributed by atoms with Crippen molar-refractivity contribution in [2.24, 2.45) is 0 Å². The number of aryl methyl sites for hydroxylation is 1. The van der Waals surface area contributed by atoms with Crippen LogP contribution >= 0.6 is 23.1 Å². The van der Waals surface area contributed by atoms with Crippen LogP contribution in [0.1, 0.15) is 10.6 Å². The molecular weight excluding hydrogens is 248 g/mol. The van der Waals surface area contributed by atoms with E-state index in [2.05, 4.69) is 30.4 Å². The molecule has 1 N–H and O–H groups in total. The fourth-order valence-electron chi connectivity index (χ4n) is 2.13. The molecule has 0 radical (unpaired) electrons. The minimum absolute atomic E-state index is 0.607. The van der Waals surface area contributed by atoms with E-state index in [0.29, 0.717) is 6.04 Å². The van der Waals surface area contributed by atoms with E-state index in [1.165, 1.54) is 26.8 Å². The Morgan fingerprint density at radius 3 is 3.24 bits per heavy atom. The normalized spacial score (nSPS) is 20.9. The van der Waals surface area contributed by atoms with Gasteiger partial charge in [0.1, 0.15) is 0 Å². The molecule has 1 atom stereocenters. The lowest BCUT2D eigenvalue weighted by atomic mass is 10.2. The Morgan fingerprint density at radius 1 is 1.47 bits per heavy atom. The van der Waals surface area contributed by atoms with Crippen molar-refractivity contribution >= 4 is 33.3 Å². The van der Waals surface area contributed by atoms with Crippen LogP contribution in [0.25, 0.3) is 10.2 Å². The van der Waals surface area contributed by atoms with Gasteiger partial charge in [0.25, 0.3) is 0 Å². The number of hydrogen-bond donors (Lipinski definition) is 1. The van der Waals surface area contributed by atoms with E-state index in [0.717, 1.165) is 18.5 Å². The second-order valence-corrected chi connectivity index (χ2v) is 6.77. The lowest BCUT2D eigenvalue weighted by Crippen LogP contribution is -2.38. The lowest BCUT2D eigenvalue weighted by molar-refractivity contribution is 0.562. The Labute approximate surface area is 110 Å². The first-order chi connectivity index (χ1) is 8.31. The summed E-state index contributed by atoms with van der Waals surface area (Å²) in [5.41, 5.74) is 2.47. The highest BCUT2D eigenvalue weighted by molar-refractivity contribution is 7.99. The first-order valence-electron chi connectivity index (χ1n) is 5.98. The third-order valence-corrected chi connectivity index (χ3v) is 5.18. The Bertz CT molecular complexity index is 515. The van der Waals surface area contributed by atoms with Gasteiger partial charge in [-0.3, -0.25) is 0 Å². The molecule has 0 spiro atoms. The van der Waals surface area contributed by atoms with E-state index in [1.54, 1.807) is 0 Å². The van der Waals surface area contributed by atoms with Crippen molar-refractivity contribution < 1.29 is 0 Å². The SMILES string of the molecule is Cc1ccc2nc(CC3CSCCN3)sc2c1. The fraction of sp³-hybridized carbons (Fsp3) is 0.462. The highest BCUT2D eigenvalue weighted by atomic mass is 32.2. The van der Waals surface area contributed by atoms with Gasteiger partial charge in [0.15, 0.2) is 0 Å². The van der Waals surface area contributed by atoms with Gasteiger partial charge in [-0.25, -0.2) is 4.98 Å². The van der Waals surface area contributed by atoms with E-state index in [-0.39, 0.29) is 0 Å². The maximum Gasteiger partial charge on any atom is 0.0954 e. The van der Waals surface area contributed by atoms with Gasteiger partial charge in [-0.05, 0) is 24.6 Å². The van der Waals surface area contributed by atoms with E-state index >= 15 is 0 Å². The van der Waals surface area contributed by atoms with Crippen molar-refractivity contribution in [2.75, 3.05) is 18.1 Å². The van der Waals surface area contributed by atoms with Crippen LogP contribution in [-0.2, 0) is 6.42 Å². The van der Waals surface area contributed by atoms with Gasteiger partial charge in [-0.1, -0.05) is 6.07 Å². The van der Waals surface area contributed by atoms with Crippen LogP contribution in [0, 0.1) is 6.92 Å². The molecule has 0 bridgehead atoms. The molecule has 1 fully saturated rings. The molecule has 4 heteroatoms. The summed E-state index contributed by atoms with van der Waals surface area (Å²) in [5.74, 6) is 2.46. The monoisotopic (exact) mass is 264 g/mol. The smallest absolute Gasteiger partial charge is 0.0954 e. The number of thiazole rings is 1. The molecular formula is C13H16N2S2. The van der Waals surface area contributed by atoms with Crippen molar-refractivity contribution in [1.82, 2.24) is 10.3 Å². The molecule has 0 aliphatic carbocycles. The maximum atomic E-state index is 4.72. The summed E-state index contributed by atoms with van der Waals surface area (Å²) in [6.07, 6.45) is 1.07. The number of nitrogens with zero attached hydrogens (tertiary/aromatic N) is 1. The first-order valence-corrected chi connectivity index (χ1v) is 7.95. The number of aromatic nitrogens is 1. The summed E-state index contributed by atoms with van der Waals surface area (Å²) in [4.78, 5) is 4.72. The maximum absolute atomic E-state index is 4.72. The molecule has 2 nitrogen and oxygen atoms in total. The quantitative estimate of drug-likeness (QED) is 0.903. The Balaban J connectivity index is 1.80. The van der Waals surface area contributed by atoms with Crippen LogP contribution < -0.4 is 5.32 Å². The van der Waals surface area contributed by atoms with Gasteiger partial charge in [0, 0.05) is 30.5 Å². The summed E-state index contributed by atoms with van der Waals surface area (Å²) >= 11 is 3.89. The topological polar surface area (TPSA) is 24.9 Å². The number of rotatable bonds is 2. The van der Waals surface area contributed by atoms with E-state index in [4.69, 9.17) is 4.98 Å². The third-order valence-electron chi connectivity index (χ3n) is 3.01. The summed E-state index contributed by atoms with van der Waals surface area (Å²) in [6, 6.07) is 7.11. The molecule has 1 unspecified atom stereocenters. The first kappa shape index (κ1) is 11.5. The molecule has 1 saturated heterocycles. The van der Waals surface area contributed by atoms with Crippen molar-refractivity contribution in [3.8, 4) is 0 Å². The summed E-state index contributed by atoms with van der Waals surface area (Å²) in [6.45, 7) is 3.28. The fourth-order valence-corrected chi connectivity index (χ4v) is 4.22. The van der Waals surface area contributed by atoms with E-state index in [9.17, 15) is 0 Å². The summed E-state index contributed by atoms with van der Waals surface area (Å²) in [5, 5.41) is 4.84. The zero-order valence-corrected chi connectivity index (χ0v) is 11.5. The molecule has 2 heterocycles. The molecule has 1 aliphatic heterocycles. The highest BCUT2D eigenvalue weighted by Gasteiger charge is 2.15. The zero-order valence-electron chi connectivity index (χ0n) is 9.90. The predicted octanol–water partition coefficient (Wildman–Crippen LogP) is 2.85. The number of benzene rings is 1. The van der Waals surface area contributed by atoms with Crippen molar-refractivity contribution in [3.05, 3.63) is 28.8 Å². The average Bonchev–Trinajstić information content (AvgIpc) is 2.71. The van der Waals surface area contributed by atoms with Crippen LogP contribution in [0.15, 0.2) is 18.2 Å². The summed E-state index contributed by atoms with van der Waals surface area (Å²) in [7, 11) is 0. The predicted molar refractivity (Wildman–Crippen MR) is 77.2 cm³/mol. The van der Waals surface area contributed by atoms with Gasteiger partial charge < -0.3 is 5.32 Å². The lowest BCUT2D eigenvalue weighted by Gasteiger charge is -2.21. The van der Waals surface area contributed by atoms with Crippen LogP contribution in [0.3, 0.4) is 0 Å². The molecule has 1 aromatic heterocycles. The van der Waals surface area contributed by atoms with E-state index < -0.39 is 0 Å². The number of nitrogens with one attached hydrogen (secondary N) is 1. The molecule has 3 rings (SSSR count). The molecule has 17 heavy (non-hydrogen) atoms. The van der Waals surface area contributed by atoms with Crippen molar-refractivity contribution in [1.29, 1.82) is 0 Å². The Morgan fingerprint density at radius 2 is 2.41 bits per heavy atom. The molecule has 0 amide bonds. The second-order valence-electron chi connectivity index (χ2n) is 4.51. The number of hydrogen-bond acceptors (Lipinski definition) is 4. The highest BCUT2D eigenvalue weighted by Crippen LogP contribution is 2.24. The average molecular weight is 264 g/mol. The minimum Gasteiger partial charge on any atom is -0.312 e. The van der Waals surface area contributed by atoms with Gasteiger partial charge >= 0.3 is 0 Å². The van der Waals surface area contributed by atoms with Crippen LogP contribution in [0.2, 0.25) is 0 Å². The minimum atomic E-state index is 0.607. The van der Waals surface area contributed by atoms with Gasteiger partial charge in [-0.2, -0.15) is 11.8 Å². The molecule has 2 aromatic rings. The van der Waals surface area contributed by atoms with Gasteiger partial charge in [0.05, 0.1) is 15.2 Å². The number of thioether (sulfide) groups is 1. The van der Waals surface area contributed by atoms with Crippen LogP contribution in [0.4, 0.5) is 0 Å². The molecule has 90 valence electrons. The Kier molecular flexibility index (Phi) is 3.36. The third kappa shape index (κ3) is 2.64.